The molecule has 0 bridgehead atoms. The number of aliphatic hydroxyl groups excluding tert-OH is 1. The number of ether oxygens (including phenoxy) is 4. The van der Waals surface area contributed by atoms with Crippen LogP contribution in [0.15, 0.2) is 41.4 Å². The van der Waals surface area contributed by atoms with E-state index in [1.165, 1.54) is 0 Å². The molecule has 1 heterocycles. The Morgan fingerprint density at radius 3 is 2.63 bits per heavy atom. The van der Waals surface area contributed by atoms with Crippen LogP contribution in [0.25, 0.3) is 0 Å². The molecule has 1 atom stereocenters. The Morgan fingerprint density at radius 2 is 1.90 bits per heavy atom. The van der Waals surface area contributed by atoms with Crippen LogP contribution in [0.5, 0.6) is 23.0 Å². The van der Waals surface area contributed by atoms with Gasteiger partial charge in [0.25, 0.3) is 0 Å². The van der Waals surface area contributed by atoms with Crippen molar-refractivity contribution < 1.29 is 24.1 Å². The highest BCUT2D eigenvalue weighted by molar-refractivity contribution is 5.94. The van der Waals surface area contributed by atoms with Crippen LogP contribution in [0, 0.1) is 0 Å². The number of hydrogen-bond acceptors (Lipinski definition) is 6. The Labute approximate surface area is 176 Å². The number of hydrogen-bond donors (Lipinski definition) is 3. The summed E-state index contributed by atoms with van der Waals surface area (Å²) in [5.74, 6) is 3.22. The molecule has 0 aromatic heterocycles. The lowest BCUT2D eigenvalue weighted by atomic mass is 10.1. The van der Waals surface area contributed by atoms with Crippen LogP contribution in [0.4, 0.5) is 5.69 Å². The van der Waals surface area contributed by atoms with Crippen LogP contribution in [-0.2, 0) is 0 Å². The highest BCUT2D eigenvalue weighted by Crippen LogP contribution is 2.32. The Bertz CT molecular complexity index is 872. The van der Waals surface area contributed by atoms with Crippen LogP contribution in [-0.4, -0.2) is 51.6 Å². The molecule has 0 radical (unpaired) electrons. The minimum atomic E-state index is -0.853. The quantitative estimate of drug-likeness (QED) is 0.473. The fourth-order valence-corrected chi connectivity index (χ4v) is 3.06. The molecular formula is C22H29N3O5. The monoisotopic (exact) mass is 415 g/mol. The normalized spacial score (nSPS) is 14.5. The van der Waals surface area contributed by atoms with E-state index in [1.807, 2.05) is 25.1 Å². The summed E-state index contributed by atoms with van der Waals surface area (Å²) in [6, 6.07) is 11.0. The minimum absolute atomic E-state index is 0.142. The predicted octanol–water partition coefficient (Wildman–Crippen LogP) is 2.98. The number of aliphatic imine (C=N–C) groups is 1. The van der Waals surface area contributed by atoms with E-state index in [0.717, 1.165) is 17.9 Å². The van der Waals surface area contributed by atoms with E-state index in [2.05, 4.69) is 15.6 Å². The standard InChI is InChI=1S/C22H29N3O5/c1-4-23-22(25-15-6-8-20-21(12-15)30-11-5-10-29-20)24-14-18(26)17-13-16(27-2)7-9-19(17)28-3/h6-9,12-13,18,26H,4-5,10-11,14H2,1-3H3,(H2,23,24,25). The molecule has 8 heteroatoms. The summed E-state index contributed by atoms with van der Waals surface area (Å²) in [7, 11) is 3.15. The van der Waals surface area contributed by atoms with Crippen molar-refractivity contribution in [3.05, 3.63) is 42.0 Å². The van der Waals surface area contributed by atoms with Crippen LogP contribution in [0.3, 0.4) is 0 Å². The molecule has 3 rings (SSSR count). The molecule has 0 aliphatic carbocycles. The molecule has 8 nitrogen and oxygen atoms in total. The molecule has 30 heavy (non-hydrogen) atoms. The largest absolute Gasteiger partial charge is 0.497 e. The minimum Gasteiger partial charge on any atom is -0.497 e. The molecule has 1 aliphatic heterocycles. The first kappa shape index (κ1) is 21.6. The molecule has 0 spiro atoms. The lowest BCUT2D eigenvalue weighted by Crippen LogP contribution is -2.31. The maximum Gasteiger partial charge on any atom is 0.195 e. The van der Waals surface area contributed by atoms with Gasteiger partial charge < -0.3 is 34.7 Å². The summed E-state index contributed by atoms with van der Waals surface area (Å²) in [5.41, 5.74) is 1.43. The van der Waals surface area contributed by atoms with Crippen molar-refractivity contribution in [2.24, 2.45) is 4.99 Å². The first-order valence-electron chi connectivity index (χ1n) is 9.99. The third-order valence-electron chi connectivity index (χ3n) is 4.57. The van der Waals surface area contributed by atoms with Gasteiger partial charge in [0.2, 0.25) is 0 Å². The second kappa shape index (κ2) is 10.6. The van der Waals surface area contributed by atoms with Gasteiger partial charge in [0.15, 0.2) is 17.5 Å². The van der Waals surface area contributed by atoms with Crippen molar-refractivity contribution >= 4 is 11.6 Å². The van der Waals surface area contributed by atoms with Gasteiger partial charge in [-0.3, -0.25) is 0 Å². The summed E-state index contributed by atoms with van der Waals surface area (Å²) in [5, 5.41) is 17.1. The van der Waals surface area contributed by atoms with Crippen molar-refractivity contribution in [2.45, 2.75) is 19.4 Å². The molecule has 0 fully saturated rings. The maximum atomic E-state index is 10.7. The number of rotatable bonds is 7. The lowest BCUT2D eigenvalue weighted by Gasteiger charge is -2.16. The van der Waals surface area contributed by atoms with Gasteiger partial charge in [-0.1, -0.05) is 0 Å². The van der Waals surface area contributed by atoms with E-state index in [0.29, 0.717) is 48.5 Å². The average molecular weight is 415 g/mol. The number of methoxy groups -OCH3 is 2. The van der Waals surface area contributed by atoms with Gasteiger partial charge in [0.1, 0.15) is 17.6 Å². The average Bonchev–Trinajstić information content (AvgIpc) is 3.02. The third-order valence-corrected chi connectivity index (χ3v) is 4.57. The molecule has 2 aromatic rings. The summed E-state index contributed by atoms with van der Waals surface area (Å²) in [4.78, 5) is 4.52. The molecule has 162 valence electrons. The van der Waals surface area contributed by atoms with Crippen LogP contribution in [0.2, 0.25) is 0 Å². The topological polar surface area (TPSA) is 93.6 Å². The fraction of sp³-hybridized carbons (Fsp3) is 0.409. The summed E-state index contributed by atoms with van der Waals surface area (Å²) >= 11 is 0. The summed E-state index contributed by atoms with van der Waals surface area (Å²) in [6.07, 6.45) is 0.00181. The Morgan fingerprint density at radius 1 is 1.10 bits per heavy atom. The number of benzene rings is 2. The zero-order valence-corrected chi connectivity index (χ0v) is 17.6. The lowest BCUT2D eigenvalue weighted by molar-refractivity contribution is 0.182. The van der Waals surface area contributed by atoms with E-state index in [1.54, 1.807) is 32.4 Å². The van der Waals surface area contributed by atoms with Gasteiger partial charge in [0, 0.05) is 30.3 Å². The predicted molar refractivity (Wildman–Crippen MR) is 116 cm³/mol. The highest BCUT2D eigenvalue weighted by atomic mass is 16.5. The zero-order valence-electron chi connectivity index (χ0n) is 17.6. The number of guanidine groups is 1. The smallest absolute Gasteiger partial charge is 0.195 e. The van der Waals surface area contributed by atoms with Gasteiger partial charge in [-0.15, -0.1) is 0 Å². The summed E-state index contributed by atoms with van der Waals surface area (Å²) < 4.78 is 22.0. The van der Waals surface area contributed by atoms with Crippen molar-refractivity contribution in [3.63, 3.8) is 0 Å². The van der Waals surface area contributed by atoms with Gasteiger partial charge in [0.05, 0.1) is 34.0 Å². The molecule has 0 saturated carbocycles. The number of nitrogens with zero attached hydrogens (tertiary/aromatic N) is 1. The summed E-state index contributed by atoms with van der Waals surface area (Å²) in [6.45, 7) is 4.07. The Hall–Kier alpha value is -3.13. The van der Waals surface area contributed by atoms with E-state index in [9.17, 15) is 5.11 Å². The number of aliphatic hydroxyl groups is 1. The molecule has 3 N–H and O–H groups in total. The first-order chi connectivity index (χ1) is 14.6. The van der Waals surface area contributed by atoms with E-state index in [-0.39, 0.29) is 6.54 Å². The molecule has 0 saturated heterocycles. The second-order valence-electron chi connectivity index (χ2n) is 6.68. The van der Waals surface area contributed by atoms with Crippen LogP contribution in [0.1, 0.15) is 25.0 Å². The molecule has 2 aromatic carbocycles. The van der Waals surface area contributed by atoms with Crippen LogP contribution >= 0.6 is 0 Å². The molecular weight excluding hydrogens is 386 g/mol. The highest BCUT2D eigenvalue weighted by Gasteiger charge is 2.15. The van der Waals surface area contributed by atoms with Crippen LogP contribution < -0.4 is 29.6 Å². The Kier molecular flexibility index (Phi) is 7.62. The van der Waals surface area contributed by atoms with E-state index < -0.39 is 6.10 Å². The molecule has 1 unspecified atom stereocenters. The number of fused-ring (bicyclic) bond motifs is 1. The van der Waals surface area contributed by atoms with Crippen molar-refractivity contribution in [1.82, 2.24) is 5.32 Å². The zero-order chi connectivity index (χ0) is 21.3. The van der Waals surface area contributed by atoms with Gasteiger partial charge in [-0.2, -0.15) is 0 Å². The van der Waals surface area contributed by atoms with Gasteiger partial charge in [-0.25, -0.2) is 4.99 Å². The maximum absolute atomic E-state index is 10.7. The van der Waals surface area contributed by atoms with E-state index in [4.69, 9.17) is 18.9 Å². The number of anilines is 1. The van der Waals surface area contributed by atoms with Gasteiger partial charge >= 0.3 is 0 Å². The molecule has 0 amide bonds. The Balaban J connectivity index is 1.74. The van der Waals surface area contributed by atoms with Crippen molar-refractivity contribution in [2.75, 3.05) is 45.8 Å². The van der Waals surface area contributed by atoms with Crippen molar-refractivity contribution in [3.8, 4) is 23.0 Å². The second-order valence-corrected chi connectivity index (χ2v) is 6.68. The molecule has 1 aliphatic rings. The van der Waals surface area contributed by atoms with Crippen molar-refractivity contribution in [1.29, 1.82) is 0 Å². The third kappa shape index (κ3) is 5.48. The van der Waals surface area contributed by atoms with E-state index >= 15 is 0 Å². The first-order valence-corrected chi connectivity index (χ1v) is 9.99. The SMILES string of the molecule is CCNC(=NCC(O)c1cc(OC)ccc1OC)Nc1ccc2c(c1)OCCCO2. The van der Waals surface area contributed by atoms with Gasteiger partial charge in [-0.05, 0) is 37.3 Å². The fourth-order valence-electron chi connectivity index (χ4n) is 3.06. The number of nitrogens with one attached hydrogen (secondary N) is 2.